The van der Waals surface area contributed by atoms with Crippen molar-refractivity contribution in [3.8, 4) is 0 Å². The lowest BCUT2D eigenvalue weighted by molar-refractivity contribution is 0.0688. The van der Waals surface area contributed by atoms with E-state index < -0.39 is 0 Å². The largest absolute Gasteiger partial charge is 0.459 e. The Bertz CT molecular complexity index is 703. The predicted molar refractivity (Wildman–Crippen MR) is 98.2 cm³/mol. The van der Waals surface area contributed by atoms with Crippen molar-refractivity contribution in [2.75, 3.05) is 32.0 Å². The Morgan fingerprint density at radius 3 is 2.80 bits per heavy atom. The number of hydrogen-bond donors (Lipinski definition) is 2. The fourth-order valence-electron chi connectivity index (χ4n) is 3.09. The molecule has 0 radical (unpaired) electrons. The Hall–Kier alpha value is -2.12. The zero-order valence-electron chi connectivity index (χ0n) is 14.3. The van der Waals surface area contributed by atoms with Crippen LogP contribution in [0.2, 0.25) is 0 Å². The van der Waals surface area contributed by atoms with E-state index in [1.807, 2.05) is 17.3 Å². The standard InChI is InChI=1S/C18H23N3O3S/c1-19-8-4-13-5-9-21(10-6-13)18(23)14-7-12-25-17(14)20-16(22)15-3-2-11-24-15/h2-3,7,11-13,19H,4-6,8-10H2,1H3,(H,20,22). The molecule has 25 heavy (non-hydrogen) atoms. The monoisotopic (exact) mass is 361 g/mol. The molecule has 7 heteroatoms. The van der Waals surface area contributed by atoms with Crippen LogP contribution in [0.1, 0.15) is 40.2 Å². The van der Waals surface area contributed by atoms with Crippen molar-refractivity contribution >= 4 is 28.2 Å². The van der Waals surface area contributed by atoms with Crippen LogP contribution in [0.15, 0.2) is 34.3 Å². The summed E-state index contributed by atoms with van der Waals surface area (Å²) in [5, 5.41) is 8.36. The van der Waals surface area contributed by atoms with Crippen LogP contribution >= 0.6 is 11.3 Å². The summed E-state index contributed by atoms with van der Waals surface area (Å²) in [4.78, 5) is 26.8. The molecule has 6 nitrogen and oxygen atoms in total. The summed E-state index contributed by atoms with van der Waals surface area (Å²) < 4.78 is 5.10. The molecule has 2 aromatic rings. The third kappa shape index (κ3) is 4.29. The van der Waals surface area contributed by atoms with Crippen LogP contribution in [0.3, 0.4) is 0 Å². The van der Waals surface area contributed by atoms with E-state index in [1.165, 1.54) is 17.6 Å². The van der Waals surface area contributed by atoms with Gasteiger partial charge in [0.2, 0.25) is 0 Å². The van der Waals surface area contributed by atoms with Crippen molar-refractivity contribution in [3.63, 3.8) is 0 Å². The predicted octanol–water partition coefficient (Wildman–Crippen LogP) is 3.06. The van der Waals surface area contributed by atoms with Gasteiger partial charge in [-0.1, -0.05) is 0 Å². The number of amides is 2. The Kier molecular flexibility index (Phi) is 5.88. The summed E-state index contributed by atoms with van der Waals surface area (Å²) in [7, 11) is 1.97. The number of furan rings is 1. The van der Waals surface area contributed by atoms with Gasteiger partial charge in [0, 0.05) is 13.1 Å². The molecular formula is C18H23N3O3S. The first-order valence-corrected chi connectivity index (χ1v) is 9.43. The summed E-state index contributed by atoms with van der Waals surface area (Å²) in [6.07, 6.45) is 4.67. The molecule has 1 aliphatic rings. The van der Waals surface area contributed by atoms with Gasteiger partial charge in [0.1, 0.15) is 5.00 Å². The molecule has 0 unspecified atom stereocenters. The van der Waals surface area contributed by atoms with E-state index >= 15 is 0 Å². The quantitative estimate of drug-likeness (QED) is 0.829. The fourth-order valence-corrected chi connectivity index (χ4v) is 3.86. The van der Waals surface area contributed by atoms with Gasteiger partial charge in [0.05, 0.1) is 11.8 Å². The van der Waals surface area contributed by atoms with Gasteiger partial charge >= 0.3 is 0 Å². The van der Waals surface area contributed by atoms with Crippen molar-refractivity contribution in [2.45, 2.75) is 19.3 Å². The molecule has 1 fully saturated rings. The molecule has 3 rings (SSSR count). The van der Waals surface area contributed by atoms with E-state index in [-0.39, 0.29) is 17.6 Å². The van der Waals surface area contributed by atoms with Gasteiger partial charge in [-0.2, -0.15) is 0 Å². The van der Waals surface area contributed by atoms with Gasteiger partial charge in [-0.3, -0.25) is 9.59 Å². The third-order valence-electron chi connectivity index (χ3n) is 4.57. The number of nitrogens with zero attached hydrogens (tertiary/aromatic N) is 1. The Morgan fingerprint density at radius 2 is 2.12 bits per heavy atom. The van der Waals surface area contributed by atoms with Crippen molar-refractivity contribution < 1.29 is 14.0 Å². The first kappa shape index (κ1) is 17.7. The molecule has 2 amide bonds. The SMILES string of the molecule is CNCCC1CCN(C(=O)c2ccsc2NC(=O)c2ccco2)CC1. The number of hydrogen-bond acceptors (Lipinski definition) is 5. The Balaban J connectivity index is 1.60. The second-order valence-corrected chi connectivity index (χ2v) is 7.14. The van der Waals surface area contributed by atoms with E-state index in [0.29, 0.717) is 16.5 Å². The van der Waals surface area contributed by atoms with Crippen molar-refractivity contribution in [1.82, 2.24) is 10.2 Å². The maximum absolute atomic E-state index is 12.8. The number of thiophene rings is 1. The lowest BCUT2D eigenvalue weighted by atomic mass is 9.93. The van der Waals surface area contributed by atoms with Gasteiger partial charge in [-0.15, -0.1) is 11.3 Å². The Labute approximate surface area is 151 Å². The molecule has 0 spiro atoms. The highest BCUT2D eigenvalue weighted by molar-refractivity contribution is 7.14. The molecule has 134 valence electrons. The molecule has 2 aromatic heterocycles. The molecule has 0 aromatic carbocycles. The molecule has 0 saturated carbocycles. The maximum atomic E-state index is 12.8. The van der Waals surface area contributed by atoms with Crippen LogP contribution in [0, 0.1) is 5.92 Å². The second kappa shape index (κ2) is 8.31. The molecule has 0 atom stereocenters. The molecule has 1 aliphatic heterocycles. The number of carbonyl (C=O) groups excluding carboxylic acids is 2. The summed E-state index contributed by atoms with van der Waals surface area (Å²) in [5.41, 5.74) is 0.554. The van der Waals surface area contributed by atoms with Crippen LogP contribution in [0.4, 0.5) is 5.00 Å². The van der Waals surface area contributed by atoms with E-state index in [9.17, 15) is 9.59 Å². The van der Waals surface area contributed by atoms with Crippen LogP contribution in [-0.4, -0.2) is 43.4 Å². The van der Waals surface area contributed by atoms with Gasteiger partial charge in [0.25, 0.3) is 11.8 Å². The maximum Gasteiger partial charge on any atom is 0.291 e. The van der Waals surface area contributed by atoms with Crippen LogP contribution in [0.25, 0.3) is 0 Å². The number of rotatable bonds is 6. The lowest BCUT2D eigenvalue weighted by Crippen LogP contribution is -2.39. The molecule has 0 aliphatic carbocycles. The summed E-state index contributed by atoms with van der Waals surface area (Å²) >= 11 is 1.35. The third-order valence-corrected chi connectivity index (χ3v) is 5.40. The smallest absolute Gasteiger partial charge is 0.291 e. The molecule has 3 heterocycles. The van der Waals surface area contributed by atoms with Gasteiger partial charge < -0.3 is 20.0 Å². The molecule has 1 saturated heterocycles. The van der Waals surface area contributed by atoms with E-state index in [4.69, 9.17) is 4.42 Å². The summed E-state index contributed by atoms with van der Waals surface area (Å²) in [6, 6.07) is 5.03. The average Bonchev–Trinajstić information content (AvgIpc) is 3.31. The van der Waals surface area contributed by atoms with Gasteiger partial charge in [-0.05, 0) is 62.4 Å². The molecular weight excluding hydrogens is 338 g/mol. The minimum absolute atomic E-state index is 0.0111. The topological polar surface area (TPSA) is 74.6 Å². The van der Waals surface area contributed by atoms with Crippen molar-refractivity contribution in [2.24, 2.45) is 5.92 Å². The normalized spacial score (nSPS) is 15.3. The fraction of sp³-hybridized carbons (Fsp3) is 0.444. The summed E-state index contributed by atoms with van der Waals surface area (Å²) in [6.45, 7) is 2.56. The zero-order valence-corrected chi connectivity index (χ0v) is 15.1. The molecule has 0 bridgehead atoms. The minimum Gasteiger partial charge on any atom is -0.459 e. The highest BCUT2D eigenvalue weighted by atomic mass is 32.1. The second-order valence-electron chi connectivity index (χ2n) is 6.22. The van der Waals surface area contributed by atoms with Crippen LogP contribution in [0.5, 0.6) is 0 Å². The zero-order chi connectivity index (χ0) is 17.6. The number of piperidine rings is 1. The first-order valence-electron chi connectivity index (χ1n) is 8.55. The first-order chi connectivity index (χ1) is 12.2. The van der Waals surface area contributed by atoms with Crippen molar-refractivity contribution in [1.29, 1.82) is 0 Å². The van der Waals surface area contributed by atoms with E-state index in [1.54, 1.807) is 18.2 Å². The number of likely N-dealkylation sites (tertiary alicyclic amines) is 1. The van der Waals surface area contributed by atoms with E-state index in [0.717, 1.165) is 38.9 Å². The highest BCUT2D eigenvalue weighted by Crippen LogP contribution is 2.28. The van der Waals surface area contributed by atoms with Crippen LogP contribution < -0.4 is 10.6 Å². The van der Waals surface area contributed by atoms with Gasteiger partial charge in [-0.25, -0.2) is 0 Å². The average molecular weight is 361 g/mol. The number of carbonyl (C=O) groups is 2. The van der Waals surface area contributed by atoms with E-state index in [2.05, 4.69) is 10.6 Å². The number of anilines is 1. The highest BCUT2D eigenvalue weighted by Gasteiger charge is 2.26. The minimum atomic E-state index is -0.340. The molecule has 2 N–H and O–H groups in total. The Morgan fingerprint density at radius 1 is 1.32 bits per heavy atom. The van der Waals surface area contributed by atoms with Gasteiger partial charge in [0.15, 0.2) is 5.76 Å². The number of nitrogens with one attached hydrogen (secondary N) is 2. The lowest BCUT2D eigenvalue weighted by Gasteiger charge is -2.32. The van der Waals surface area contributed by atoms with Crippen LogP contribution in [-0.2, 0) is 0 Å². The summed E-state index contributed by atoms with van der Waals surface area (Å²) in [5.74, 6) is 0.560. The van der Waals surface area contributed by atoms with Crippen molar-refractivity contribution in [3.05, 3.63) is 41.2 Å².